The van der Waals surface area contributed by atoms with Gasteiger partial charge in [0.2, 0.25) is 11.8 Å². The van der Waals surface area contributed by atoms with E-state index in [1.165, 1.54) is 0 Å². The van der Waals surface area contributed by atoms with Crippen LogP contribution in [0.15, 0.2) is 54.6 Å². The highest BCUT2D eigenvalue weighted by Crippen LogP contribution is 2.41. The van der Waals surface area contributed by atoms with Crippen LogP contribution in [-0.2, 0) is 9.59 Å². The summed E-state index contributed by atoms with van der Waals surface area (Å²) < 4.78 is 5.64. The molecule has 3 aliphatic heterocycles. The van der Waals surface area contributed by atoms with E-state index >= 15 is 0 Å². The number of benzene rings is 2. The van der Waals surface area contributed by atoms with Crippen molar-refractivity contribution in [2.75, 3.05) is 32.8 Å². The first-order valence-corrected chi connectivity index (χ1v) is 13.8. The predicted molar refractivity (Wildman–Crippen MR) is 147 cm³/mol. The molecule has 0 N–H and O–H groups in total. The number of ether oxygens (including phenoxy) is 1. The number of nitrogens with zero attached hydrogens (tertiary/aromatic N) is 3. The second-order valence-electron chi connectivity index (χ2n) is 10.6. The van der Waals surface area contributed by atoms with Crippen LogP contribution < -0.4 is 4.74 Å². The highest BCUT2D eigenvalue weighted by molar-refractivity contribution is 6.22. The molecule has 39 heavy (non-hydrogen) atoms. The number of hydrogen-bond donors (Lipinski definition) is 0. The van der Waals surface area contributed by atoms with Crippen LogP contribution in [0, 0.1) is 5.41 Å². The monoisotopic (exact) mass is 529 g/mol. The fourth-order valence-corrected chi connectivity index (χ4v) is 6.07. The van der Waals surface area contributed by atoms with E-state index in [1.54, 1.807) is 36.4 Å². The lowest BCUT2D eigenvalue weighted by molar-refractivity contribution is -0.135. The zero-order chi connectivity index (χ0) is 27.6. The van der Waals surface area contributed by atoms with Gasteiger partial charge in [0.15, 0.2) is 0 Å². The average molecular weight is 530 g/mol. The standard InChI is InChI=1S/C31H35N3O5/c1-3-25(34-28(36)23-10-6-7-11-24(23)29(34)37)30(38)33-20-17-31(21-33)15-18-32(19-16-31)27(35)14-13-22-9-5-8-12-26(22)39-4-2/h5-14,25H,3-4,15-21H2,1-2H3. The Morgan fingerprint density at radius 2 is 1.49 bits per heavy atom. The van der Waals surface area contributed by atoms with Crippen molar-refractivity contribution in [2.24, 2.45) is 5.41 Å². The summed E-state index contributed by atoms with van der Waals surface area (Å²) in [5.41, 5.74) is 1.55. The summed E-state index contributed by atoms with van der Waals surface area (Å²) in [5, 5.41) is 0. The van der Waals surface area contributed by atoms with Crippen molar-refractivity contribution in [2.45, 2.75) is 45.6 Å². The largest absolute Gasteiger partial charge is 0.493 e. The fourth-order valence-electron chi connectivity index (χ4n) is 6.07. The number of fused-ring (bicyclic) bond motifs is 1. The zero-order valence-electron chi connectivity index (χ0n) is 22.6. The van der Waals surface area contributed by atoms with Gasteiger partial charge in [0.1, 0.15) is 11.8 Å². The van der Waals surface area contributed by atoms with Crippen LogP contribution in [0.3, 0.4) is 0 Å². The number of hydrogen-bond acceptors (Lipinski definition) is 5. The van der Waals surface area contributed by atoms with Crippen LogP contribution in [0.25, 0.3) is 6.08 Å². The van der Waals surface area contributed by atoms with Crippen LogP contribution >= 0.6 is 0 Å². The summed E-state index contributed by atoms with van der Waals surface area (Å²) in [7, 11) is 0. The Bertz CT molecular complexity index is 1280. The maximum Gasteiger partial charge on any atom is 0.262 e. The van der Waals surface area contributed by atoms with Crippen LogP contribution in [0.4, 0.5) is 0 Å². The van der Waals surface area contributed by atoms with Crippen LogP contribution in [-0.4, -0.2) is 77.2 Å². The zero-order valence-corrected chi connectivity index (χ0v) is 22.6. The quantitative estimate of drug-likeness (QED) is 0.400. The van der Waals surface area contributed by atoms with Crippen LogP contribution in [0.2, 0.25) is 0 Å². The van der Waals surface area contributed by atoms with Crippen molar-refractivity contribution >= 4 is 29.7 Å². The van der Waals surface area contributed by atoms with E-state index in [0.29, 0.717) is 50.3 Å². The number of para-hydroxylation sites is 1. The first-order valence-electron chi connectivity index (χ1n) is 13.8. The van der Waals surface area contributed by atoms with Crippen LogP contribution in [0.1, 0.15) is 65.8 Å². The third-order valence-corrected chi connectivity index (χ3v) is 8.32. The van der Waals surface area contributed by atoms with E-state index in [0.717, 1.165) is 35.5 Å². The third kappa shape index (κ3) is 5.07. The second kappa shape index (κ2) is 11.0. The number of piperidine rings is 1. The molecular weight excluding hydrogens is 494 g/mol. The molecule has 0 saturated carbocycles. The fraction of sp³-hybridized carbons (Fsp3) is 0.419. The van der Waals surface area contributed by atoms with Gasteiger partial charge in [0, 0.05) is 37.8 Å². The predicted octanol–water partition coefficient (Wildman–Crippen LogP) is 4.01. The Morgan fingerprint density at radius 3 is 2.10 bits per heavy atom. The lowest BCUT2D eigenvalue weighted by atomic mass is 9.77. The van der Waals surface area contributed by atoms with E-state index < -0.39 is 17.9 Å². The SMILES string of the molecule is CCOc1ccccc1C=CC(=O)N1CCC2(CC1)CCN(C(=O)C(CC)N1C(=O)c3ccccc3C1=O)C2. The van der Waals surface area contributed by atoms with E-state index in [9.17, 15) is 19.2 Å². The highest BCUT2D eigenvalue weighted by atomic mass is 16.5. The Kier molecular flexibility index (Phi) is 7.55. The van der Waals surface area contributed by atoms with Gasteiger partial charge in [0.25, 0.3) is 11.8 Å². The summed E-state index contributed by atoms with van der Waals surface area (Å²) in [6, 6.07) is 13.6. The van der Waals surface area contributed by atoms with Crippen molar-refractivity contribution in [1.82, 2.24) is 14.7 Å². The smallest absolute Gasteiger partial charge is 0.262 e. The maximum absolute atomic E-state index is 13.6. The summed E-state index contributed by atoms with van der Waals surface area (Å²) in [6.07, 6.45) is 6.27. The van der Waals surface area contributed by atoms with Gasteiger partial charge in [0.05, 0.1) is 17.7 Å². The molecule has 0 radical (unpaired) electrons. The van der Waals surface area contributed by atoms with Gasteiger partial charge in [-0.2, -0.15) is 0 Å². The van der Waals surface area contributed by atoms with Crippen molar-refractivity contribution in [1.29, 1.82) is 0 Å². The lowest BCUT2D eigenvalue weighted by Gasteiger charge is -2.39. The maximum atomic E-state index is 13.6. The van der Waals surface area contributed by atoms with E-state index in [2.05, 4.69) is 0 Å². The second-order valence-corrected chi connectivity index (χ2v) is 10.6. The number of carbonyl (C=O) groups excluding carboxylic acids is 4. The molecule has 2 fully saturated rings. The Hall–Kier alpha value is -3.94. The molecule has 4 amide bonds. The molecular formula is C31H35N3O5. The summed E-state index contributed by atoms with van der Waals surface area (Å²) in [6.45, 7) is 6.78. The summed E-state index contributed by atoms with van der Waals surface area (Å²) in [4.78, 5) is 57.3. The van der Waals surface area contributed by atoms with Gasteiger partial charge in [-0.3, -0.25) is 24.1 Å². The van der Waals surface area contributed by atoms with Gasteiger partial charge in [-0.05, 0) is 62.3 Å². The lowest BCUT2D eigenvalue weighted by Crippen LogP contribution is -2.51. The molecule has 3 heterocycles. The number of likely N-dealkylation sites (tertiary alicyclic amines) is 2. The topological polar surface area (TPSA) is 87.2 Å². The number of imide groups is 1. The van der Waals surface area contributed by atoms with Crippen molar-refractivity contribution in [3.8, 4) is 5.75 Å². The molecule has 8 heteroatoms. The van der Waals surface area contributed by atoms with Crippen molar-refractivity contribution in [3.63, 3.8) is 0 Å². The third-order valence-electron chi connectivity index (χ3n) is 8.32. The molecule has 1 atom stereocenters. The molecule has 0 aromatic heterocycles. The van der Waals surface area contributed by atoms with Gasteiger partial charge in [-0.15, -0.1) is 0 Å². The summed E-state index contributed by atoms with van der Waals surface area (Å²) in [5.74, 6) is -0.233. The summed E-state index contributed by atoms with van der Waals surface area (Å²) >= 11 is 0. The minimum Gasteiger partial charge on any atom is -0.493 e. The molecule has 5 rings (SSSR count). The van der Waals surface area contributed by atoms with E-state index in [1.807, 2.05) is 47.9 Å². The van der Waals surface area contributed by atoms with Crippen molar-refractivity contribution < 1.29 is 23.9 Å². The highest BCUT2D eigenvalue weighted by Gasteiger charge is 2.47. The molecule has 0 bridgehead atoms. The Morgan fingerprint density at radius 1 is 0.897 bits per heavy atom. The van der Waals surface area contributed by atoms with Gasteiger partial charge >= 0.3 is 0 Å². The number of carbonyl (C=O) groups is 4. The molecule has 2 aromatic carbocycles. The molecule has 3 aliphatic rings. The minimum atomic E-state index is -0.807. The van der Waals surface area contributed by atoms with E-state index in [4.69, 9.17) is 4.74 Å². The number of amides is 4. The van der Waals surface area contributed by atoms with E-state index in [-0.39, 0.29) is 17.2 Å². The Balaban J connectivity index is 1.19. The molecule has 8 nitrogen and oxygen atoms in total. The average Bonchev–Trinajstić information content (AvgIpc) is 3.48. The molecule has 2 saturated heterocycles. The first kappa shape index (κ1) is 26.7. The molecule has 1 spiro atoms. The van der Waals surface area contributed by atoms with Crippen LogP contribution in [0.5, 0.6) is 5.75 Å². The first-order chi connectivity index (χ1) is 18.9. The van der Waals surface area contributed by atoms with Gasteiger partial charge < -0.3 is 14.5 Å². The Labute approximate surface area is 229 Å². The molecule has 0 aliphatic carbocycles. The molecule has 204 valence electrons. The van der Waals surface area contributed by atoms with Crippen molar-refractivity contribution in [3.05, 3.63) is 71.3 Å². The molecule has 1 unspecified atom stereocenters. The van der Waals surface area contributed by atoms with Gasteiger partial charge in [-0.1, -0.05) is 37.3 Å². The minimum absolute atomic E-state index is 0.0289. The number of rotatable bonds is 7. The normalized spacial score (nSPS) is 19.2. The van der Waals surface area contributed by atoms with Gasteiger partial charge in [-0.25, -0.2) is 0 Å². The molecule has 2 aromatic rings.